The van der Waals surface area contributed by atoms with Crippen molar-refractivity contribution in [2.75, 3.05) is 19.6 Å². The Morgan fingerprint density at radius 2 is 1.88 bits per heavy atom. The average molecular weight is 356 g/mol. The van der Waals surface area contributed by atoms with Crippen LogP contribution in [0.25, 0.3) is 10.9 Å². The maximum Gasteiger partial charge on any atom is 0.261 e. The second kappa shape index (κ2) is 7.68. The van der Waals surface area contributed by atoms with Crippen molar-refractivity contribution in [2.24, 2.45) is 11.8 Å². The smallest absolute Gasteiger partial charge is 0.261 e. The van der Waals surface area contributed by atoms with Gasteiger partial charge in [-0.25, -0.2) is 4.98 Å². The van der Waals surface area contributed by atoms with Crippen LogP contribution in [0.1, 0.15) is 20.3 Å². The van der Waals surface area contributed by atoms with Crippen molar-refractivity contribution in [2.45, 2.75) is 26.8 Å². The third kappa shape index (κ3) is 4.09. The molecule has 0 unspecified atom stereocenters. The molecule has 2 amide bonds. The maximum atomic E-state index is 12.4. The normalized spacial score (nSPS) is 20.2. The minimum absolute atomic E-state index is 0.0476. The lowest BCUT2D eigenvalue weighted by Crippen LogP contribution is -2.47. The molecule has 1 N–H and O–H groups in total. The maximum absolute atomic E-state index is 12.4. The summed E-state index contributed by atoms with van der Waals surface area (Å²) in [7, 11) is 0. The van der Waals surface area contributed by atoms with Crippen LogP contribution < -0.4 is 10.9 Å². The molecular formula is C19H24N4O3. The first-order chi connectivity index (χ1) is 12.4. The first-order valence-electron chi connectivity index (χ1n) is 8.92. The van der Waals surface area contributed by atoms with Crippen molar-refractivity contribution in [1.29, 1.82) is 0 Å². The van der Waals surface area contributed by atoms with Crippen LogP contribution in [0.4, 0.5) is 0 Å². The Kier molecular flexibility index (Phi) is 5.35. The molecule has 0 saturated carbocycles. The number of hydrogen-bond acceptors (Lipinski definition) is 4. The summed E-state index contributed by atoms with van der Waals surface area (Å²) in [6.07, 6.45) is 2.48. The molecule has 0 spiro atoms. The van der Waals surface area contributed by atoms with Crippen LogP contribution in [0.15, 0.2) is 35.4 Å². The standard InChI is InChI=1S/C19H24N4O3/c1-13-7-14(2)10-22(9-13)18(25)8-20-17(24)11-23-12-21-16-6-4-3-5-15(16)19(23)26/h3-6,12-14H,7-11H2,1-2H3,(H,20,24)/t13-,14+. The molecule has 7 heteroatoms. The molecule has 1 fully saturated rings. The number of carbonyl (C=O) groups excluding carboxylic acids is 2. The number of benzene rings is 1. The zero-order valence-electron chi connectivity index (χ0n) is 15.1. The first-order valence-corrected chi connectivity index (χ1v) is 8.92. The molecule has 3 rings (SSSR count). The van der Waals surface area contributed by atoms with Crippen LogP contribution >= 0.6 is 0 Å². The van der Waals surface area contributed by atoms with Crippen LogP contribution in [-0.2, 0) is 16.1 Å². The van der Waals surface area contributed by atoms with E-state index in [1.807, 2.05) is 4.90 Å². The number of carbonyl (C=O) groups is 2. The highest BCUT2D eigenvalue weighted by molar-refractivity contribution is 5.85. The van der Waals surface area contributed by atoms with E-state index in [4.69, 9.17) is 0 Å². The Morgan fingerprint density at radius 3 is 2.62 bits per heavy atom. The van der Waals surface area contributed by atoms with Gasteiger partial charge in [-0.15, -0.1) is 0 Å². The molecule has 1 aromatic carbocycles. The second-order valence-electron chi connectivity index (χ2n) is 7.22. The van der Waals surface area contributed by atoms with E-state index < -0.39 is 0 Å². The predicted octanol–water partition coefficient (Wildman–Crippen LogP) is 1.02. The van der Waals surface area contributed by atoms with Gasteiger partial charge in [-0.1, -0.05) is 26.0 Å². The van der Waals surface area contributed by atoms with Crippen LogP contribution in [-0.4, -0.2) is 45.9 Å². The fourth-order valence-corrected chi connectivity index (χ4v) is 3.58. The van der Waals surface area contributed by atoms with Gasteiger partial charge >= 0.3 is 0 Å². The van der Waals surface area contributed by atoms with Gasteiger partial charge < -0.3 is 10.2 Å². The summed E-state index contributed by atoms with van der Waals surface area (Å²) >= 11 is 0. The molecule has 2 aromatic rings. The van der Waals surface area contributed by atoms with E-state index in [1.54, 1.807) is 24.3 Å². The number of hydrogen-bond donors (Lipinski definition) is 1. The van der Waals surface area contributed by atoms with Gasteiger partial charge in [0.05, 0.1) is 23.8 Å². The predicted molar refractivity (Wildman–Crippen MR) is 98.5 cm³/mol. The molecule has 0 radical (unpaired) electrons. The average Bonchev–Trinajstić information content (AvgIpc) is 2.61. The van der Waals surface area contributed by atoms with E-state index in [9.17, 15) is 14.4 Å². The fourth-order valence-electron chi connectivity index (χ4n) is 3.58. The summed E-state index contributed by atoms with van der Waals surface area (Å²) in [6, 6.07) is 7.00. The van der Waals surface area contributed by atoms with Gasteiger partial charge in [0.2, 0.25) is 11.8 Å². The molecule has 0 bridgehead atoms. The van der Waals surface area contributed by atoms with Gasteiger partial charge in [0.25, 0.3) is 5.56 Å². The number of rotatable bonds is 4. The zero-order valence-corrected chi connectivity index (χ0v) is 15.1. The summed E-state index contributed by atoms with van der Waals surface area (Å²) in [4.78, 5) is 42.9. The van der Waals surface area contributed by atoms with E-state index in [-0.39, 0.29) is 30.5 Å². The van der Waals surface area contributed by atoms with E-state index in [0.29, 0.717) is 22.7 Å². The Bertz CT molecular complexity index is 866. The van der Waals surface area contributed by atoms with Gasteiger partial charge in [-0.3, -0.25) is 19.0 Å². The lowest BCUT2D eigenvalue weighted by atomic mass is 9.92. The Labute approximate surface area is 152 Å². The number of nitrogens with zero attached hydrogens (tertiary/aromatic N) is 3. The van der Waals surface area contributed by atoms with E-state index in [1.165, 1.54) is 10.9 Å². The van der Waals surface area contributed by atoms with Gasteiger partial charge in [-0.05, 0) is 30.4 Å². The van der Waals surface area contributed by atoms with Crippen molar-refractivity contribution in [3.05, 3.63) is 40.9 Å². The minimum Gasteiger partial charge on any atom is -0.345 e. The van der Waals surface area contributed by atoms with Gasteiger partial charge in [0, 0.05) is 13.1 Å². The largest absolute Gasteiger partial charge is 0.345 e. The van der Waals surface area contributed by atoms with Gasteiger partial charge in [0.1, 0.15) is 6.54 Å². The third-order valence-electron chi connectivity index (χ3n) is 4.70. The number of nitrogens with one attached hydrogen (secondary N) is 1. The topological polar surface area (TPSA) is 84.3 Å². The lowest BCUT2D eigenvalue weighted by molar-refractivity contribution is -0.135. The number of piperidine rings is 1. The highest BCUT2D eigenvalue weighted by Crippen LogP contribution is 2.20. The van der Waals surface area contributed by atoms with Crippen LogP contribution in [0.5, 0.6) is 0 Å². The molecule has 138 valence electrons. The van der Waals surface area contributed by atoms with E-state index in [0.717, 1.165) is 19.5 Å². The quantitative estimate of drug-likeness (QED) is 0.886. The molecule has 2 atom stereocenters. The highest BCUT2D eigenvalue weighted by Gasteiger charge is 2.25. The monoisotopic (exact) mass is 356 g/mol. The van der Waals surface area contributed by atoms with Crippen molar-refractivity contribution in [3.63, 3.8) is 0 Å². The van der Waals surface area contributed by atoms with Crippen LogP contribution in [0.3, 0.4) is 0 Å². The van der Waals surface area contributed by atoms with Crippen LogP contribution in [0.2, 0.25) is 0 Å². The minimum atomic E-state index is -0.379. The summed E-state index contributed by atoms with van der Waals surface area (Å²) in [5, 5.41) is 3.08. The lowest BCUT2D eigenvalue weighted by Gasteiger charge is -2.35. The summed E-state index contributed by atoms with van der Waals surface area (Å²) in [5.41, 5.74) is 0.327. The van der Waals surface area contributed by atoms with E-state index >= 15 is 0 Å². The van der Waals surface area contributed by atoms with Gasteiger partial charge in [0.15, 0.2) is 0 Å². The van der Waals surface area contributed by atoms with Crippen molar-refractivity contribution in [1.82, 2.24) is 19.8 Å². The number of aromatic nitrogens is 2. The number of fused-ring (bicyclic) bond motifs is 1. The molecule has 0 aliphatic carbocycles. The summed E-state index contributed by atoms with van der Waals surface area (Å²) in [6.45, 7) is 5.52. The van der Waals surface area contributed by atoms with Crippen molar-refractivity contribution in [3.8, 4) is 0 Å². The van der Waals surface area contributed by atoms with Gasteiger partial charge in [-0.2, -0.15) is 0 Å². The highest BCUT2D eigenvalue weighted by atomic mass is 16.2. The second-order valence-corrected chi connectivity index (χ2v) is 7.22. The van der Waals surface area contributed by atoms with Crippen molar-refractivity contribution >= 4 is 22.7 Å². The molecule has 1 aromatic heterocycles. The SMILES string of the molecule is C[C@@H]1C[C@H](C)CN(C(=O)CNC(=O)Cn2cnc3ccccc3c2=O)C1. The zero-order chi connectivity index (χ0) is 18.7. The first kappa shape index (κ1) is 18.1. The Morgan fingerprint density at radius 1 is 1.19 bits per heavy atom. The Balaban J connectivity index is 1.58. The number of amides is 2. The summed E-state index contributed by atoms with van der Waals surface area (Å²) < 4.78 is 1.26. The van der Waals surface area contributed by atoms with Crippen molar-refractivity contribution < 1.29 is 9.59 Å². The molecule has 7 nitrogen and oxygen atoms in total. The molecule has 1 aliphatic heterocycles. The molecule has 1 aliphatic rings. The van der Waals surface area contributed by atoms with E-state index in [2.05, 4.69) is 24.1 Å². The molecular weight excluding hydrogens is 332 g/mol. The number of likely N-dealkylation sites (tertiary alicyclic amines) is 1. The summed E-state index contributed by atoms with van der Waals surface area (Å²) in [5.74, 6) is 0.484. The number of para-hydroxylation sites is 1. The Hall–Kier alpha value is -2.70. The third-order valence-corrected chi connectivity index (χ3v) is 4.70. The molecule has 2 heterocycles. The fraction of sp³-hybridized carbons (Fsp3) is 0.474. The molecule has 26 heavy (non-hydrogen) atoms. The van der Waals surface area contributed by atoms with Crippen LogP contribution in [0, 0.1) is 11.8 Å². The molecule has 1 saturated heterocycles.